The molecule has 1 unspecified atom stereocenters. The van der Waals surface area contributed by atoms with Crippen LogP contribution in [0.3, 0.4) is 0 Å². The van der Waals surface area contributed by atoms with Gasteiger partial charge >= 0.3 is 5.97 Å². The van der Waals surface area contributed by atoms with Crippen molar-refractivity contribution in [1.29, 1.82) is 0 Å². The summed E-state index contributed by atoms with van der Waals surface area (Å²) in [7, 11) is 1.30. The van der Waals surface area contributed by atoms with Gasteiger partial charge in [-0.1, -0.05) is 12.1 Å². The van der Waals surface area contributed by atoms with Crippen LogP contribution in [0.25, 0.3) is 10.1 Å². The quantitative estimate of drug-likeness (QED) is 0.848. The molecule has 0 fully saturated rings. The predicted octanol–water partition coefficient (Wildman–Crippen LogP) is 1.30. The highest BCUT2D eigenvalue weighted by molar-refractivity contribution is 7.16. The first-order valence-corrected chi connectivity index (χ1v) is 6.34. The molecule has 0 saturated carbocycles. The predicted molar refractivity (Wildman–Crippen MR) is 71.8 cm³/mol. The van der Waals surface area contributed by atoms with Gasteiger partial charge in [-0.3, -0.25) is 9.59 Å². The zero-order valence-electron chi connectivity index (χ0n) is 9.88. The largest absolute Gasteiger partial charge is 0.468 e. The van der Waals surface area contributed by atoms with Gasteiger partial charge < -0.3 is 10.5 Å². The van der Waals surface area contributed by atoms with Gasteiger partial charge in [0.25, 0.3) is 0 Å². The molecule has 2 N–H and O–H groups in total. The Hall–Kier alpha value is -1.72. The monoisotopic (exact) mass is 263 g/mol. The highest BCUT2D eigenvalue weighted by Crippen LogP contribution is 2.19. The summed E-state index contributed by atoms with van der Waals surface area (Å²) in [6.45, 7) is 0. The molecule has 1 aromatic carbocycles. The first kappa shape index (κ1) is 12.7. The first-order chi connectivity index (χ1) is 8.63. The van der Waals surface area contributed by atoms with Crippen LogP contribution in [0.2, 0.25) is 0 Å². The average Bonchev–Trinajstić information content (AvgIpc) is 2.38. The van der Waals surface area contributed by atoms with Gasteiger partial charge in [-0.25, -0.2) is 0 Å². The third-order valence-corrected chi connectivity index (χ3v) is 3.58. The molecule has 1 heterocycles. The number of benzene rings is 1. The lowest BCUT2D eigenvalue weighted by Crippen LogP contribution is -2.33. The molecule has 0 amide bonds. The fourth-order valence-electron chi connectivity index (χ4n) is 1.85. The fraction of sp³-hybridized carbons (Fsp3) is 0.231. The smallest absolute Gasteiger partial charge is 0.322 e. The molecule has 0 radical (unpaired) electrons. The Kier molecular flexibility index (Phi) is 3.74. The Labute approximate surface area is 108 Å². The van der Waals surface area contributed by atoms with Crippen molar-refractivity contribution in [2.45, 2.75) is 12.5 Å². The van der Waals surface area contributed by atoms with Gasteiger partial charge in [-0.2, -0.15) is 0 Å². The molecule has 2 rings (SSSR count). The summed E-state index contributed by atoms with van der Waals surface area (Å²) in [5.41, 5.74) is 6.47. The maximum absolute atomic E-state index is 11.9. The Bertz CT molecular complexity index is 630. The van der Waals surface area contributed by atoms with E-state index >= 15 is 0 Å². The minimum Gasteiger partial charge on any atom is -0.468 e. The van der Waals surface area contributed by atoms with Crippen molar-refractivity contribution in [3.63, 3.8) is 0 Å². The molecule has 0 aliphatic heterocycles. The molecule has 0 bridgehead atoms. The van der Waals surface area contributed by atoms with Crippen molar-refractivity contribution < 1.29 is 9.53 Å². The van der Waals surface area contributed by atoms with Crippen molar-refractivity contribution in [2.24, 2.45) is 5.73 Å². The zero-order chi connectivity index (χ0) is 13.1. The van der Waals surface area contributed by atoms with Crippen LogP contribution in [0.4, 0.5) is 0 Å². The van der Waals surface area contributed by atoms with Gasteiger partial charge in [0.15, 0.2) is 5.43 Å². The molecule has 1 atom stereocenters. The van der Waals surface area contributed by atoms with E-state index in [1.54, 1.807) is 5.38 Å². The molecule has 4 nitrogen and oxygen atoms in total. The van der Waals surface area contributed by atoms with Crippen LogP contribution in [0, 0.1) is 0 Å². The number of carbonyl (C=O) groups is 1. The third-order valence-electron chi connectivity index (χ3n) is 2.72. The molecule has 0 aliphatic carbocycles. The SMILES string of the molecule is COC(=O)C(N)Cc1cccc2sccc(=O)c12. The number of ether oxygens (including phenoxy) is 1. The number of esters is 1. The number of hydrogen-bond donors (Lipinski definition) is 1. The van der Waals surface area contributed by atoms with E-state index in [2.05, 4.69) is 4.74 Å². The van der Waals surface area contributed by atoms with Gasteiger partial charge in [0.2, 0.25) is 0 Å². The van der Waals surface area contributed by atoms with Crippen LogP contribution in [-0.4, -0.2) is 19.1 Å². The van der Waals surface area contributed by atoms with Crippen molar-refractivity contribution in [3.05, 3.63) is 45.4 Å². The topological polar surface area (TPSA) is 69.4 Å². The van der Waals surface area contributed by atoms with E-state index in [1.165, 1.54) is 24.5 Å². The first-order valence-electron chi connectivity index (χ1n) is 5.46. The van der Waals surface area contributed by atoms with Gasteiger partial charge in [0.1, 0.15) is 6.04 Å². The lowest BCUT2D eigenvalue weighted by atomic mass is 10.0. The van der Waals surface area contributed by atoms with Gasteiger partial charge in [-0.05, 0) is 29.5 Å². The lowest BCUT2D eigenvalue weighted by Gasteiger charge is -2.10. The Balaban J connectivity index is 2.46. The molecule has 0 aliphatic rings. The van der Waals surface area contributed by atoms with Crippen LogP contribution in [-0.2, 0) is 16.0 Å². The van der Waals surface area contributed by atoms with Gasteiger partial charge in [-0.15, -0.1) is 11.3 Å². The molecule has 18 heavy (non-hydrogen) atoms. The summed E-state index contributed by atoms with van der Waals surface area (Å²) in [6.07, 6.45) is 0.302. The lowest BCUT2D eigenvalue weighted by molar-refractivity contribution is -0.142. The van der Waals surface area contributed by atoms with Crippen LogP contribution < -0.4 is 11.2 Å². The van der Waals surface area contributed by atoms with E-state index in [-0.39, 0.29) is 5.43 Å². The summed E-state index contributed by atoms with van der Waals surface area (Å²) >= 11 is 1.49. The molecular weight excluding hydrogens is 250 g/mol. The van der Waals surface area contributed by atoms with Crippen molar-refractivity contribution in [2.75, 3.05) is 7.11 Å². The van der Waals surface area contributed by atoms with Gasteiger partial charge in [0, 0.05) is 10.1 Å². The maximum Gasteiger partial charge on any atom is 0.322 e. The zero-order valence-corrected chi connectivity index (χ0v) is 10.7. The number of methoxy groups -OCH3 is 1. The molecule has 0 saturated heterocycles. The molecule has 5 heteroatoms. The number of carbonyl (C=O) groups excluding carboxylic acids is 1. The van der Waals surface area contributed by atoms with Crippen LogP contribution >= 0.6 is 11.3 Å². The second kappa shape index (κ2) is 5.29. The van der Waals surface area contributed by atoms with Crippen molar-refractivity contribution in [1.82, 2.24) is 0 Å². The summed E-state index contributed by atoms with van der Waals surface area (Å²) < 4.78 is 5.49. The van der Waals surface area contributed by atoms with E-state index in [9.17, 15) is 9.59 Å². The molecule has 0 spiro atoms. The standard InChI is InChI=1S/C13H13NO3S/c1-17-13(16)9(14)7-8-3-2-4-11-12(8)10(15)5-6-18-11/h2-6,9H,7,14H2,1H3. The molecule has 2 aromatic rings. The summed E-state index contributed by atoms with van der Waals surface area (Å²) in [4.78, 5) is 23.2. The third kappa shape index (κ3) is 2.42. The highest BCUT2D eigenvalue weighted by Gasteiger charge is 2.16. The molecule has 1 aromatic heterocycles. The van der Waals surface area contributed by atoms with Crippen molar-refractivity contribution >= 4 is 27.4 Å². The van der Waals surface area contributed by atoms with E-state index < -0.39 is 12.0 Å². The van der Waals surface area contributed by atoms with E-state index in [0.29, 0.717) is 11.8 Å². The summed E-state index contributed by atoms with van der Waals surface area (Å²) in [5.74, 6) is -0.473. The van der Waals surface area contributed by atoms with E-state index in [0.717, 1.165) is 10.3 Å². The minimum absolute atomic E-state index is 0.0450. The number of rotatable bonds is 3. The number of fused-ring (bicyclic) bond motifs is 1. The van der Waals surface area contributed by atoms with E-state index in [4.69, 9.17) is 5.73 Å². The Morgan fingerprint density at radius 2 is 2.22 bits per heavy atom. The normalized spacial score (nSPS) is 12.3. The van der Waals surface area contributed by atoms with E-state index in [1.807, 2.05) is 18.2 Å². The summed E-state index contributed by atoms with van der Waals surface area (Å²) in [5, 5.41) is 2.40. The fourth-order valence-corrected chi connectivity index (χ4v) is 2.69. The molecular formula is C13H13NO3S. The highest BCUT2D eigenvalue weighted by atomic mass is 32.1. The molecule has 94 valence electrons. The van der Waals surface area contributed by atoms with Crippen LogP contribution in [0.5, 0.6) is 0 Å². The van der Waals surface area contributed by atoms with Crippen LogP contribution in [0.15, 0.2) is 34.4 Å². The van der Waals surface area contributed by atoms with Crippen molar-refractivity contribution in [3.8, 4) is 0 Å². The Morgan fingerprint density at radius 1 is 1.44 bits per heavy atom. The van der Waals surface area contributed by atoms with Gasteiger partial charge in [0.05, 0.1) is 7.11 Å². The second-order valence-electron chi connectivity index (χ2n) is 3.91. The summed E-state index contributed by atoms with van der Waals surface area (Å²) in [6, 6.07) is 6.34. The number of nitrogens with two attached hydrogens (primary N) is 1. The second-order valence-corrected chi connectivity index (χ2v) is 4.86. The minimum atomic E-state index is -0.745. The maximum atomic E-state index is 11.9. The number of hydrogen-bond acceptors (Lipinski definition) is 5. The average molecular weight is 263 g/mol. The van der Waals surface area contributed by atoms with Crippen LogP contribution in [0.1, 0.15) is 5.56 Å². The Morgan fingerprint density at radius 3 is 2.94 bits per heavy atom.